The molecular weight excluding hydrogens is 312 g/mol. The Bertz CT molecular complexity index is 693. The standard InChI is InChI=1S/C16H20N4O4/c21-15-9-18-14(8-19-15)16(22)17-4-3-13-11-20(5-7-24-13)10-12-2-1-6-23-12/h1-2,6,8-9,13H,3-5,7,10-11H2,(H,17,22)(H,19,21). The third-order valence-corrected chi connectivity index (χ3v) is 3.84. The van der Waals surface area contributed by atoms with Crippen LogP contribution in [0, 0.1) is 0 Å². The first kappa shape index (κ1) is 16.4. The average molecular weight is 332 g/mol. The maximum absolute atomic E-state index is 11.9. The predicted octanol–water partition coefficient (Wildman–Crippen LogP) is 0.384. The average Bonchev–Trinajstić information content (AvgIpc) is 3.09. The number of amides is 1. The molecule has 0 aliphatic carbocycles. The summed E-state index contributed by atoms with van der Waals surface area (Å²) in [6.07, 6.45) is 4.85. The first-order chi connectivity index (χ1) is 11.7. The maximum atomic E-state index is 11.9. The van der Waals surface area contributed by atoms with Crippen molar-refractivity contribution < 1.29 is 13.9 Å². The van der Waals surface area contributed by atoms with Gasteiger partial charge in [0.25, 0.3) is 11.5 Å². The van der Waals surface area contributed by atoms with Gasteiger partial charge in [-0.1, -0.05) is 0 Å². The Morgan fingerprint density at radius 3 is 3.17 bits per heavy atom. The molecule has 2 aromatic rings. The molecule has 8 heteroatoms. The summed E-state index contributed by atoms with van der Waals surface area (Å²) in [6.45, 7) is 3.58. The quantitative estimate of drug-likeness (QED) is 0.793. The molecule has 0 radical (unpaired) electrons. The van der Waals surface area contributed by atoms with Crippen molar-refractivity contribution in [2.24, 2.45) is 0 Å². The van der Waals surface area contributed by atoms with E-state index in [1.54, 1.807) is 6.26 Å². The van der Waals surface area contributed by atoms with Gasteiger partial charge in [-0.3, -0.25) is 14.5 Å². The maximum Gasteiger partial charge on any atom is 0.271 e. The lowest BCUT2D eigenvalue weighted by Gasteiger charge is -2.32. The van der Waals surface area contributed by atoms with Crippen molar-refractivity contribution in [3.05, 3.63) is 52.6 Å². The first-order valence-corrected chi connectivity index (χ1v) is 7.90. The Morgan fingerprint density at radius 1 is 1.50 bits per heavy atom. The third kappa shape index (κ3) is 4.53. The van der Waals surface area contributed by atoms with E-state index in [4.69, 9.17) is 9.15 Å². The highest BCUT2D eigenvalue weighted by molar-refractivity contribution is 5.91. The lowest BCUT2D eigenvalue weighted by Crippen LogP contribution is -2.43. The van der Waals surface area contributed by atoms with Gasteiger partial charge in [-0.15, -0.1) is 0 Å². The number of aromatic amines is 1. The van der Waals surface area contributed by atoms with Gasteiger partial charge in [0.1, 0.15) is 11.5 Å². The lowest BCUT2D eigenvalue weighted by molar-refractivity contribution is -0.0359. The zero-order chi connectivity index (χ0) is 16.8. The summed E-state index contributed by atoms with van der Waals surface area (Å²) >= 11 is 0. The molecule has 24 heavy (non-hydrogen) atoms. The van der Waals surface area contributed by atoms with E-state index in [2.05, 4.69) is 20.2 Å². The molecular formula is C16H20N4O4. The Hall–Kier alpha value is -2.45. The molecule has 0 aromatic carbocycles. The van der Waals surface area contributed by atoms with E-state index in [9.17, 15) is 9.59 Å². The van der Waals surface area contributed by atoms with Crippen LogP contribution in [0.15, 0.2) is 40.0 Å². The molecule has 2 N–H and O–H groups in total. The molecule has 0 saturated carbocycles. The summed E-state index contributed by atoms with van der Waals surface area (Å²) in [7, 11) is 0. The van der Waals surface area contributed by atoms with Crippen molar-refractivity contribution >= 4 is 5.91 Å². The molecule has 1 amide bonds. The number of carbonyl (C=O) groups is 1. The van der Waals surface area contributed by atoms with Crippen molar-refractivity contribution in [1.29, 1.82) is 0 Å². The minimum Gasteiger partial charge on any atom is -0.468 e. The van der Waals surface area contributed by atoms with Crippen LogP contribution in [0.3, 0.4) is 0 Å². The van der Waals surface area contributed by atoms with Gasteiger partial charge in [0.2, 0.25) is 0 Å². The minimum absolute atomic E-state index is 0.0672. The fraction of sp³-hybridized carbons (Fsp3) is 0.438. The van der Waals surface area contributed by atoms with E-state index in [0.29, 0.717) is 19.6 Å². The van der Waals surface area contributed by atoms with Crippen LogP contribution in [-0.4, -0.2) is 53.1 Å². The van der Waals surface area contributed by atoms with Gasteiger partial charge in [-0.05, 0) is 18.6 Å². The molecule has 3 heterocycles. The van der Waals surface area contributed by atoms with Crippen LogP contribution in [0.2, 0.25) is 0 Å². The molecule has 1 unspecified atom stereocenters. The number of nitrogens with zero attached hydrogens (tertiary/aromatic N) is 2. The van der Waals surface area contributed by atoms with Gasteiger partial charge >= 0.3 is 0 Å². The second kappa shape index (κ2) is 7.89. The molecule has 3 rings (SSSR count). The SMILES string of the molecule is O=C(NCCC1CN(Cc2ccco2)CCO1)c1c[nH]c(=O)cn1. The summed E-state index contributed by atoms with van der Waals surface area (Å²) in [6, 6.07) is 3.84. The number of H-pyrrole nitrogens is 1. The Morgan fingerprint density at radius 2 is 2.42 bits per heavy atom. The monoisotopic (exact) mass is 332 g/mol. The van der Waals surface area contributed by atoms with Gasteiger partial charge in [0, 0.05) is 25.8 Å². The van der Waals surface area contributed by atoms with Crippen LogP contribution in [-0.2, 0) is 11.3 Å². The fourth-order valence-corrected chi connectivity index (χ4v) is 2.63. The van der Waals surface area contributed by atoms with E-state index in [1.807, 2.05) is 12.1 Å². The molecule has 8 nitrogen and oxygen atoms in total. The topological polar surface area (TPSA) is 100 Å². The van der Waals surface area contributed by atoms with Gasteiger partial charge in [-0.2, -0.15) is 0 Å². The van der Waals surface area contributed by atoms with E-state index in [-0.39, 0.29) is 23.3 Å². The highest BCUT2D eigenvalue weighted by atomic mass is 16.5. The van der Waals surface area contributed by atoms with Crippen LogP contribution < -0.4 is 10.9 Å². The summed E-state index contributed by atoms with van der Waals surface area (Å²) < 4.78 is 11.1. The third-order valence-electron chi connectivity index (χ3n) is 3.84. The number of hydrogen-bond donors (Lipinski definition) is 2. The van der Waals surface area contributed by atoms with Crippen LogP contribution in [0.4, 0.5) is 0 Å². The minimum atomic E-state index is -0.334. The molecule has 1 aliphatic heterocycles. The number of aromatic nitrogens is 2. The summed E-state index contributed by atoms with van der Waals surface area (Å²) in [5.41, 5.74) is -0.141. The second-order valence-electron chi connectivity index (χ2n) is 5.65. The van der Waals surface area contributed by atoms with Gasteiger partial charge < -0.3 is 19.5 Å². The van der Waals surface area contributed by atoms with E-state index in [1.165, 1.54) is 6.20 Å². The highest BCUT2D eigenvalue weighted by Crippen LogP contribution is 2.12. The Labute approximate surface area is 138 Å². The van der Waals surface area contributed by atoms with Crippen molar-refractivity contribution in [1.82, 2.24) is 20.2 Å². The zero-order valence-corrected chi connectivity index (χ0v) is 13.2. The van der Waals surface area contributed by atoms with Crippen LogP contribution in [0.5, 0.6) is 0 Å². The van der Waals surface area contributed by atoms with Gasteiger partial charge in [0.15, 0.2) is 0 Å². The molecule has 1 saturated heterocycles. The van der Waals surface area contributed by atoms with Crippen LogP contribution >= 0.6 is 0 Å². The van der Waals surface area contributed by atoms with Crippen molar-refractivity contribution in [3.8, 4) is 0 Å². The number of rotatable bonds is 6. The largest absolute Gasteiger partial charge is 0.468 e. The van der Waals surface area contributed by atoms with Gasteiger partial charge in [-0.25, -0.2) is 4.98 Å². The molecule has 1 fully saturated rings. The van der Waals surface area contributed by atoms with E-state index >= 15 is 0 Å². The van der Waals surface area contributed by atoms with Crippen molar-refractivity contribution in [2.75, 3.05) is 26.2 Å². The predicted molar refractivity (Wildman–Crippen MR) is 85.5 cm³/mol. The fourth-order valence-electron chi connectivity index (χ4n) is 2.63. The van der Waals surface area contributed by atoms with Gasteiger partial charge in [0.05, 0.1) is 31.7 Å². The lowest BCUT2D eigenvalue weighted by atomic mass is 10.2. The highest BCUT2D eigenvalue weighted by Gasteiger charge is 2.21. The number of morpholine rings is 1. The second-order valence-corrected chi connectivity index (χ2v) is 5.65. The van der Waals surface area contributed by atoms with E-state index in [0.717, 1.165) is 31.6 Å². The van der Waals surface area contributed by atoms with Crippen molar-refractivity contribution in [2.45, 2.75) is 19.1 Å². The zero-order valence-electron chi connectivity index (χ0n) is 13.2. The smallest absolute Gasteiger partial charge is 0.271 e. The molecule has 128 valence electrons. The Balaban J connectivity index is 1.42. The number of hydrogen-bond acceptors (Lipinski definition) is 6. The summed E-state index contributed by atoms with van der Waals surface area (Å²) in [5.74, 6) is 0.627. The van der Waals surface area contributed by atoms with Crippen molar-refractivity contribution in [3.63, 3.8) is 0 Å². The summed E-state index contributed by atoms with van der Waals surface area (Å²) in [4.78, 5) is 31.3. The Kier molecular flexibility index (Phi) is 5.39. The number of carbonyl (C=O) groups excluding carboxylic acids is 1. The molecule has 1 atom stereocenters. The molecule has 1 aliphatic rings. The number of furan rings is 1. The normalized spacial score (nSPS) is 18.4. The summed E-state index contributed by atoms with van der Waals surface area (Å²) in [5, 5.41) is 2.79. The van der Waals surface area contributed by atoms with Crippen LogP contribution in [0.25, 0.3) is 0 Å². The first-order valence-electron chi connectivity index (χ1n) is 7.90. The number of ether oxygens (including phenoxy) is 1. The molecule has 0 bridgehead atoms. The number of nitrogens with one attached hydrogen (secondary N) is 2. The van der Waals surface area contributed by atoms with Crippen LogP contribution in [0.1, 0.15) is 22.7 Å². The molecule has 2 aromatic heterocycles. The molecule has 0 spiro atoms. The van der Waals surface area contributed by atoms with E-state index < -0.39 is 0 Å².